The Morgan fingerprint density at radius 1 is 1.35 bits per heavy atom. The van der Waals surface area contributed by atoms with E-state index < -0.39 is 0 Å². The second kappa shape index (κ2) is 4.74. The van der Waals surface area contributed by atoms with E-state index in [1.54, 1.807) is 0 Å². The van der Waals surface area contributed by atoms with Crippen LogP contribution in [0.1, 0.15) is 51.3 Å². The SMILES string of the molecule is CC(C)(C)C1CCC(N)(Cc2cccs2)CC1. The van der Waals surface area contributed by atoms with Gasteiger partial charge in [0.15, 0.2) is 0 Å². The number of hydrogen-bond donors (Lipinski definition) is 1. The van der Waals surface area contributed by atoms with Gasteiger partial charge in [-0.15, -0.1) is 11.3 Å². The fourth-order valence-corrected chi connectivity index (χ4v) is 3.86. The molecule has 0 aliphatic heterocycles. The van der Waals surface area contributed by atoms with E-state index in [-0.39, 0.29) is 5.54 Å². The van der Waals surface area contributed by atoms with E-state index >= 15 is 0 Å². The van der Waals surface area contributed by atoms with Crippen LogP contribution in [0.2, 0.25) is 0 Å². The smallest absolute Gasteiger partial charge is 0.0203 e. The van der Waals surface area contributed by atoms with Crippen LogP contribution in [-0.2, 0) is 6.42 Å². The molecule has 2 rings (SSSR count). The van der Waals surface area contributed by atoms with Crippen LogP contribution < -0.4 is 5.73 Å². The molecule has 0 radical (unpaired) electrons. The third-order valence-corrected chi connectivity index (χ3v) is 5.19. The molecular formula is C15H25NS. The van der Waals surface area contributed by atoms with Crippen molar-refractivity contribution in [2.24, 2.45) is 17.1 Å². The molecule has 2 heteroatoms. The molecule has 96 valence electrons. The van der Waals surface area contributed by atoms with Crippen LogP contribution in [0.3, 0.4) is 0 Å². The Hall–Kier alpha value is -0.340. The van der Waals surface area contributed by atoms with Crippen molar-refractivity contribution in [1.29, 1.82) is 0 Å². The molecule has 0 saturated heterocycles. The van der Waals surface area contributed by atoms with Gasteiger partial charge in [0.05, 0.1) is 0 Å². The molecule has 17 heavy (non-hydrogen) atoms. The molecule has 1 saturated carbocycles. The molecule has 2 N–H and O–H groups in total. The molecule has 1 fully saturated rings. The molecule has 0 bridgehead atoms. The predicted molar refractivity (Wildman–Crippen MR) is 76.4 cm³/mol. The molecule has 1 aromatic rings. The van der Waals surface area contributed by atoms with Gasteiger partial charge in [-0.2, -0.15) is 0 Å². The average molecular weight is 251 g/mol. The minimum atomic E-state index is 0.0621. The highest BCUT2D eigenvalue weighted by atomic mass is 32.1. The van der Waals surface area contributed by atoms with Crippen molar-refractivity contribution >= 4 is 11.3 Å². The Morgan fingerprint density at radius 3 is 2.47 bits per heavy atom. The molecule has 1 nitrogen and oxygen atoms in total. The van der Waals surface area contributed by atoms with E-state index in [0.29, 0.717) is 5.41 Å². The predicted octanol–water partition coefficient (Wildman–Crippen LogP) is 4.22. The number of hydrogen-bond acceptors (Lipinski definition) is 2. The molecule has 0 spiro atoms. The van der Waals surface area contributed by atoms with Crippen LogP contribution in [0.4, 0.5) is 0 Å². The summed E-state index contributed by atoms with van der Waals surface area (Å²) in [7, 11) is 0. The van der Waals surface area contributed by atoms with E-state index in [1.165, 1.54) is 30.6 Å². The Balaban J connectivity index is 1.93. The first kappa shape index (κ1) is 13.1. The second-order valence-electron chi connectivity index (χ2n) is 6.76. The van der Waals surface area contributed by atoms with Crippen LogP contribution in [0.15, 0.2) is 17.5 Å². The summed E-state index contributed by atoms with van der Waals surface area (Å²) in [5.74, 6) is 0.850. The number of thiophene rings is 1. The van der Waals surface area contributed by atoms with E-state index in [0.717, 1.165) is 12.3 Å². The maximum atomic E-state index is 6.56. The van der Waals surface area contributed by atoms with Gasteiger partial charge in [-0.05, 0) is 54.9 Å². The quantitative estimate of drug-likeness (QED) is 0.836. The third kappa shape index (κ3) is 3.32. The minimum absolute atomic E-state index is 0.0621. The molecule has 1 aliphatic rings. The standard InChI is InChI=1S/C15H25NS/c1-14(2,3)12-6-8-15(16,9-7-12)11-13-5-4-10-17-13/h4-5,10,12H,6-9,11,16H2,1-3H3. The minimum Gasteiger partial charge on any atom is -0.325 e. The lowest BCUT2D eigenvalue weighted by Gasteiger charge is -2.42. The lowest BCUT2D eigenvalue weighted by atomic mass is 9.67. The first-order valence-corrected chi connectivity index (χ1v) is 7.58. The van der Waals surface area contributed by atoms with Gasteiger partial charge in [0.1, 0.15) is 0 Å². The summed E-state index contributed by atoms with van der Waals surface area (Å²) in [6.45, 7) is 7.08. The van der Waals surface area contributed by atoms with E-state index in [4.69, 9.17) is 5.73 Å². The fraction of sp³-hybridized carbons (Fsp3) is 0.733. The second-order valence-corrected chi connectivity index (χ2v) is 7.79. The van der Waals surface area contributed by atoms with Gasteiger partial charge in [-0.25, -0.2) is 0 Å². The van der Waals surface area contributed by atoms with Crippen molar-refractivity contribution in [1.82, 2.24) is 0 Å². The normalized spacial score (nSPS) is 30.5. The first-order valence-electron chi connectivity index (χ1n) is 6.70. The van der Waals surface area contributed by atoms with Gasteiger partial charge < -0.3 is 5.73 Å². The summed E-state index contributed by atoms with van der Waals surface area (Å²) in [6, 6.07) is 4.35. The zero-order valence-corrected chi connectivity index (χ0v) is 12.1. The van der Waals surface area contributed by atoms with Gasteiger partial charge >= 0.3 is 0 Å². The van der Waals surface area contributed by atoms with Crippen molar-refractivity contribution < 1.29 is 0 Å². The Bertz CT molecular complexity index is 339. The molecule has 1 heterocycles. The van der Waals surface area contributed by atoms with Crippen LogP contribution >= 0.6 is 11.3 Å². The first-order chi connectivity index (χ1) is 7.89. The largest absolute Gasteiger partial charge is 0.325 e. The van der Waals surface area contributed by atoms with E-state index in [1.807, 2.05) is 11.3 Å². The van der Waals surface area contributed by atoms with E-state index in [2.05, 4.69) is 38.3 Å². The third-order valence-electron chi connectivity index (χ3n) is 4.31. The summed E-state index contributed by atoms with van der Waals surface area (Å²) in [5, 5.41) is 2.15. The zero-order valence-electron chi connectivity index (χ0n) is 11.3. The average Bonchev–Trinajstić information content (AvgIpc) is 2.68. The van der Waals surface area contributed by atoms with Gasteiger partial charge in [0.2, 0.25) is 0 Å². The molecule has 1 aliphatic carbocycles. The summed E-state index contributed by atoms with van der Waals surface area (Å²) in [5.41, 5.74) is 7.07. The Kier molecular flexibility index (Phi) is 3.65. The maximum Gasteiger partial charge on any atom is 0.0203 e. The highest BCUT2D eigenvalue weighted by Crippen LogP contribution is 2.41. The molecule has 0 amide bonds. The number of rotatable bonds is 2. The van der Waals surface area contributed by atoms with Crippen molar-refractivity contribution in [3.05, 3.63) is 22.4 Å². The van der Waals surface area contributed by atoms with Crippen molar-refractivity contribution in [3.63, 3.8) is 0 Å². The summed E-state index contributed by atoms with van der Waals surface area (Å²) in [6.07, 6.45) is 6.04. The molecule has 0 aromatic carbocycles. The monoisotopic (exact) mass is 251 g/mol. The van der Waals surface area contributed by atoms with Crippen molar-refractivity contribution in [3.8, 4) is 0 Å². The van der Waals surface area contributed by atoms with E-state index in [9.17, 15) is 0 Å². The molecule has 0 atom stereocenters. The molecule has 1 aromatic heterocycles. The highest BCUT2D eigenvalue weighted by Gasteiger charge is 2.36. The Labute approximate surface area is 109 Å². The summed E-state index contributed by atoms with van der Waals surface area (Å²) >= 11 is 1.84. The maximum absolute atomic E-state index is 6.56. The van der Waals surface area contributed by atoms with Crippen LogP contribution in [0, 0.1) is 11.3 Å². The van der Waals surface area contributed by atoms with Gasteiger partial charge in [-0.3, -0.25) is 0 Å². The summed E-state index contributed by atoms with van der Waals surface area (Å²) in [4.78, 5) is 1.45. The topological polar surface area (TPSA) is 26.0 Å². The summed E-state index contributed by atoms with van der Waals surface area (Å²) < 4.78 is 0. The zero-order chi connectivity index (χ0) is 12.5. The van der Waals surface area contributed by atoms with Gasteiger partial charge in [0.25, 0.3) is 0 Å². The fourth-order valence-electron chi connectivity index (χ4n) is 3.00. The molecule has 0 unspecified atom stereocenters. The van der Waals surface area contributed by atoms with Gasteiger partial charge in [0, 0.05) is 10.4 Å². The Morgan fingerprint density at radius 2 is 2.00 bits per heavy atom. The van der Waals surface area contributed by atoms with Crippen LogP contribution in [-0.4, -0.2) is 5.54 Å². The lowest BCUT2D eigenvalue weighted by Crippen LogP contribution is -2.46. The molecular weight excluding hydrogens is 226 g/mol. The van der Waals surface area contributed by atoms with Crippen LogP contribution in [0.5, 0.6) is 0 Å². The highest BCUT2D eigenvalue weighted by molar-refractivity contribution is 7.09. The van der Waals surface area contributed by atoms with Crippen molar-refractivity contribution in [2.45, 2.75) is 58.4 Å². The van der Waals surface area contributed by atoms with Crippen molar-refractivity contribution in [2.75, 3.05) is 0 Å². The van der Waals surface area contributed by atoms with Gasteiger partial charge in [-0.1, -0.05) is 26.8 Å². The lowest BCUT2D eigenvalue weighted by molar-refractivity contribution is 0.134. The number of nitrogens with two attached hydrogens (primary N) is 1. The van der Waals surface area contributed by atoms with Crippen LogP contribution in [0.25, 0.3) is 0 Å².